The second-order valence-corrected chi connectivity index (χ2v) is 5.12. The number of aliphatic hydroxyl groups excluding tert-OH is 1. The summed E-state index contributed by atoms with van der Waals surface area (Å²) >= 11 is 1.67. The van der Waals surface area contributed by atoms with Crippen molar-refractivity contribution in [1.82, 2.24) is 0 Å². The largest absolute Gasteiger partial charge is 0.388 e. The number of rotatable bonds is 4. The van der Waals surface area contributed by atoms with Gasteiger partial charge in [0.2, 0.25) is 0 Å². The smallest absolute Gasteiger partial charge is 0.0831 e. The Labute approximate surface area is 106 Å². The molecule has 1 heterocycles. The standard InChI is InChI=1S/C14H17NOS/c1-15(2)13-5-3-4-12(9-13)14(16)8-11-6-7-17-10-11/h3-7,9-10,14,16H,8H2,1-2H3. The van der Waals surface area contributed by atoms with E-state index in [2.05, 4.69) is 11.4 Å². The second-order valence-electron chi connectivity index (χ2n) is 4.34. The summed E-state index contributed by atoms with van der Waals surface area (Å²) in [5, 5.41) is 14.3. The maximum Gasteiger partial charge on any atom is 0.0831 e. The molecule has 0 radical (unpaired) electrons. The number of hydrogen-bond acceptors (Lipinski definition) is 3. The molecule has 1 aromatic heterocycles. The van der Waals surface area contributed by atoms with Gasteiger partial charge in [-0.2, -0.15) is 11.3 Å². The predicted molar refractivity (Wildman–Crippen MR) is 73.8 cm³/mol. The molecule has 1 N–H and O–H groups in total. The van der Waals surface area contributed by atoms with Crippen molar-refractivity contribution in [2.45, 2.75) is 12.5 Å². The minimum absolute atomic E-state index is 0.426. The Hall–Kier alpha value is -1.32. The first kappa shape index (κ1) is 12.1. The average molecular weight is 247 g/mol. The van der Waals surface area contributed by atoms with Crippen LogP contribution < -0.4 is 4.90 Å². The van der Waals surface area contributed by atoms with Gasteiger partial charge in [0, 0.05) is 26.2 Å². The molecule has 0 saturated carbocycles. The third-order valence-electron chi connectivity index (χ3n) is 2.78. The third kappa shape index (κ3) is 3.08. The van der Waals surface area contributed by atoms with Crippen molar-refractivity contribution in [3.05, 3.63) is 52.2 Å². The molecule has 0 fully saturated rings. The molecule has 2 nitrogen and oxygen atoms in total. The number of hydrogen-bond donors (Lipinski definition) is 1. The molecule has 0 aliphatic rings. The quantitative estimate of drug-likeness (QED) is 0.897. The van der Waals surface area contributed by atoms with Crippen LogP contribution in [0.2, 0.25) is 0 Å². The van der Waals surface area contributed by atoms with Gasteiger partial charge < -0.3 is 10.0 Å². The van der Waals surface area contributed by atoms with Crippen LogP contribution in [-0.2, 0) is 6.42 Å². The van der Waals surface area contributed by atoms with Gasteiger partial charge in [0.05, 0.1) is 6.10 Å². The summed E-state index contributed by atoms with van der Waals surface area (Å²) in [5.74, 6) is 0. The van der Waals surface area contributed by atoms with Crippen LogP contribution in [-0.4, -0.2) is 19.2 Å². The molecule has 0 aliphatic carbocycles. The van der Waals surface area contributed by atoms with Gasteiger partial charge in [0.1, 0.15) is 0 Å². The number of thiophene rings is 1. The van der Waals surface area contributed by atoms with Gasteiger partial charge >= 0.3 is 0 Å². The molecule has 1 aromatic carbocycles. The molecule has 0 aliphatic heterocycles. The molecule has 90 valence electrons. The van der Waals surface area contributed by atoms with Crippen molar-refractivity contribution in [3.63, 3.8) is 0 Å². The zero-order chi connectivity index (χ0) is 12.3. The van der Waals surface area contributed by atoms with Crippen molar-refractivity contribution in [2.75, 3.05) is 19.0 Å². The number of nitrogens with zero attached hydrogens (tertiary/aromatic N) is 1. The van der Waals surface area contributed by atoms with Crippen molar-refractivity contribution in [2.24, 2.45) is 0 Å². The fraction of sp³-hybridized carbons (Fsp3) is 0.286. The highest BCUT2D eigenvalue weighted by atomic mass is 32.1. The van der Waals surface area contributed by atoms with Crippen LogP contribution in [0.3, 0.4) is 0 Å². The first-order valence-electron chi connectivity index (χ1n) is 5.63. The predicted octanol–water partition coefficient (Wildman–Crippen LogP) is 3.09. The van der Waals surface area contributed by atoms with Gasteiger partial charge in [0.15, 0.2) is 0 Å². The number of benzene rings is 1. The zero-order valence-electron chi connectivity index (χ0n) is 10.1. The fourth-order valence-corrected chi connectivity index (χ4v) is 2.44. The van der Waals surface area contributed by atoms with Gasteiger partial charge in [-0.1, -0.05) is 12.1 Å². The summed E-state index contributed by atoms with van der Waals surface area (Å²) in [6.45, 7) is 0. The van der Waals surface area contributed by atoms with E-state index in [1.807, 2.05) is 48.6 Å². The van der Waals surface area contributed by atoms with Crippen molar-refractivity contribution >= 4 is 17.0 Å². The number of anilines is 1. The fourth-order valence-electron chi connectivity index (χ4n) is 1.76. The van der Waals surface area contributed by atoms with E-state index in [-0.39, 0.29) is 0 Å². The van der Waals surface area contributed by atoms with Crippen molar-refractivity contribution in [3.8, 4) is 0 Å². The monoisotopic (exact) mass is 247 g/mol. The van der Waals surface area contributed by atoms with Crippen LogP contribution in [0.1, 0.15) is 17.2 Å². The SMILES string of the molecule is CN(C)c1cccc(C(O)Cc2ccsc2)c1. The van der Waals surface area contributed by atoms with Gasteiger partial charge in [-0.3, -0.25) is 0 Å². The first-order valence-corrected chi connectivity index (χ1v) is 6.57. The molecule has 1 unspecified atom stereocenters. The molecule has 0 spiro atoms. The lowest BCUT2D eigenvalue weighted by Crippen LogP contribution is -2.09. The summed E-state index contributed by atoms with van der Waals surface area (Å²) in [5.41, 5.74) is 3.28. The van der Waals surface area contributed by atoms with E-state index < -0.39 is 6.10 Å². The van der Waals surface area contributed by atoms with E-state index in [1.165, 1.54) is 5.56 Å². The van der Waals surface area contributed by atoms with Gasteiger partial charge in [-0.25, -0.2) is 0 Å². The molecule has 0 amide bonds. The van der Waals surface area contributed by atoms with Crippen LogP contribution in [0, 0.1) is 0 Å². The molecule has 1 atom stereocenters. The van der Waals surface area contributed by atoms with E-state index in [0.29, 0.717) is 6.42 Å². The molecule has 0 bridgehead atoms. The zero-order valence-corrected chi connectivity index (χ0v) is 10.9. The van der Waals surface area contributed by atoms with E-state index in [0.717, 1.165) is 11.3 Å². The Morgan fingerprint density at radius 3 is 2.76 bits per heavy atom. The minimum atomic E-state index is -0.426. The highest BCUT2D eigenvalue weighted by Gasteiger charge is 2.09. The average Bonchev–Trinajstić information content (AvgIpc) is 2.82. The first-order chi connectivity index (χ1) is 8.16. The van der Waals surface area contributed by atoms with E-state index in [9.17, 15) is 5.11 Å². The second kappa shape index (κ2) is 5.34. The normalized spacial score (nSPS) is 12.4. The molecular weight excluding hydrogens is 230 g/mol. The van der Waals surface area contributed by atoms with Crippen LogP contribution in [0.5, 0.6) is 0 Å². The highest BCUT2D eigenvalue weighted by Crippen LogP contribution is 2.23. The Balaban J connectivity index is 2.13. The summed E-state index contributed by atoms with van der Waals surface area (Å²) in [6, 6.07) is 10.1. The maximum atomic E-state index is 10.2. The molecule has 17 heavy (non-hydrogen) atoms. The lowest BCUT2D eigenvalue weighted by atomic mass is 10.0. The minimum Gasteiger partial charge on any atom is -0.388 e. The van der Waals surface area contributed by atoms with Crippen molar-refractivity contribution in [1.29, 1.82) is 0 Å². The summed E-state index contributed by atoms with van der Waals surface area (Å²) in [6.07, 6.45) is 0.255. The summed E-state index contributed by atoms with van der Waals surface area (Å²) in [4.78, 5) is 2.04. The summed E-state index contributed by atoms with van der Waals surface area (Å²) < 4.78 is 0. The highest BCUT2D eigenvalue weighted by molar-refractivity contribution is 7.07. The van der Waals surface area contributed by atoms with Crippen LogP contribution >= 0.6 is 11.3 Å². The maximum absolute atomic E-state index is 10.2. The van der Waals surface area contributed by atoms with Crippen LogP contribution in [0.4, 0.5) is 5.69 Å². The van der Waals surface area contributed by atoms with Crippen LogP contribution in [0.15, 0.2) is 41.1 Å². The van der Waals surface area contributed by atoms with E-state index in [1.54, 1.807) is 11.3 Å². The van der Waals surface area contributed by atoms with E-state index >= 15 is 0 Å². The Morgan fingerprint density at radius 2 is 2.12 bits per heavy atom. The Morgan fingerprint density at radius 1 is 1.29 bits per heavy atom. The van der Waals surface area contributed by atoms with Crippen molar-refractivity contribution < 1.29 is 5.11 Å². The molecule has 3 heteroatoms. The Bertz CT molecular complexity index is 465. The molecule has 2 rings (SSSR count). The number of aliphatic hydroxyl groups is 1. The lowest BCUT2D eigenvalue weighted by Gasteiger charge is -2.16. The lowest BCUT2D eigenvalue weighted by molar-refractivity contribution is 0.178. The van der Waals surface area contributed by atoms with Gasteiger partial charge in [-0.15, -0.1) is 0 Å². The van der Waals surface area contributed by atoms with Crippen LogP contribution in [0.25, 0.3) is 0 Å². The molecule has 2 aromatic rings. The molecular formula is C14H17NOS. The van der Waals surface area contributed by atoms with Gasteiger partial charge in [-0.05, 0) is 40.1 Å². The Kier molecular flexibility index (Phi) is 3.82. The summed E-state index contributed by atoms with van der Waals surface area (Å²) in [7, 11) is 4.01. The third-order valence-corrected chi connectivity index (χ3v) is 3.51. The molecule has 0 saturated heterocycles. The van der Waals surface area contributed by atoms with E-state index in [4.69, 9.17) is 0 Å². The van der Waals surface area contributed by atoms with Gasteiger partial charge in [0.25, 0.3) is 0 Å². The topological polar surface area (TPSA) is 23.5 Å².